The molecule has 6 heteroatoms. The molecule has 0 aromatic carbocycles. The van der Waals surface area contributed by atoms with Gasteiger partial charge in [0.15, 0.2) is 0 Å². The van der Waals surface area contributed by atoms with Crippen LogP contribution >= 0.6 is 0 Å². The predicted octanol–water partition coefficient (Wildman–Crippen LogP) is 0.355. The highest BCUT2D eigenvalue weighted by atomic mass is 32.2. The molecule has 1 aromatic heterocycles. The predicted molar refractivity (Wildman–Crippen MR) is 51.0 cm³/mol. The molecule has 0 aliphatic rings. The van der Waals surface area contributed by atoms with Crippen LogP contribution in [0.4, 0.5) is 0 Å². The lowest BCUT2D eigenvalue weighted by molar-refractivity contribution is -0.707. The normalized spacial score (nSPS) is 14.6. The quantitative estimate of drug-likeness (QED) is 0.589. The van der Waals surface area contributed by atoms with Gasteiger partial charge < -0.3 is 0 Å². The first kappa shape index (κ1) is 11.2. The van der Waals surface area contributed by atoms with Crippen molar-refractivity contribution in [1.82, 2.24) is 4.57 Å². The largest absolute Gasteiger partial charge is 0.307 e. The topological polar surface area (TPSA) is 63.2 Å². The standard InChI is InChI=1S/C8H14N2O3S/c1-7(2)8(14(11,12)13)10-5-4-9(3)6-10/h4-8H,1-3H3/p+1. The summed E-state index contributed by atoms with van der Waals surface area (Å²) in [6, 6.07) is 0. The summed E-state index contributed by atoms with van der Waals surface area (Å²) in [4.78, 5) is 0. The van der Waals surface area contributed by atoms with E-state index in [2.05, 4.69) is 0 Å². The van der Waals surface area contributed by atoms with Crippen LogP contribution in [0, 0.1) is 5.92 Å². The van der Waals surface area contributed by atoms with E-state index in [1.54, 1.807) is 44.2 Å². The molecule has 1 N–H and O–H groups in total. The molecule has 1 rings (SSSR count). The Morgan fingerprint density at radius 1 is 1.43 bits per heavy atom. The lowest BCUT2D eigenvalue weighted by atomic mass is 10.2. The van der Waals surface area contributed by atoms with Crippen molar-refractivity contribution in [3.63, 3.8) is 0 Å². The van der Waals surface area contributed by atoms with Gasteiger partial charge in [0.1, 0.15) is 12.4 Å². The molecule has 1 aromatic rings. The van der Waals surface area contributed by atoms with Gasteiger partial charge in [0.05, 0.1) is 7.05 Å². The van der Waals surface area contributed by atoms with Gasteiger partial charge in [0.25, 0.3) is 0 Å². The first-order valence-corrected chi connectivity index (χ1v) is 5.81. The molecule has 1 atom stereocenters. The molecule has 1 unspecified atom stereocenters. The van der Waals surface area contributed by atoms with Crippen LogP contribution in [0.2, 0.25) is 0 Å². The molecule has 0 fully saturated rings. The van der Waals surface area contributed by atoms with Gasteiger partial charge in [-0.3, -0.25) is 4.55 Å². The van der Waals surface area contributed by atoms with Crippen molar-refractivity contribution in [1.29, 1.82) is 0 Å². The van der Waals surface area contributed by atoms with Crippen molar-refractivity contribution in [3.05, 3.63) is 18.7 Å². The summed E-state index contributed by atoms with van der Waals surface area (Å²) in [5.74, 6) is -0.183. The van der Waals surface area contributed by atoms with Crippen LogP contribution in [0.1, 0.15) is 19.2 Å². The zero-order valence-electron chi connectivity index (χ0n) is 8.45. The fourth-order valence-electron chi connectivity index (χ4n) is 1.46. The van der Waals surface area contributed by atoms with E-state index < -0.39 is 15.5 Å². The number of imidazole rings is 1. The zero-order chi connectivity index (χ0) is 10.9. The maximum atomic E-state index is 11.1. The van der Waals surface area contributed by atoms with Crippen LogP contribution in [0.15, 0.2) is 18.7 Å². The van der Waals surface area contributed by atoms with E-state index in [1.165, 1.54) is 4.57 Å². The molecule has 80 valence electrons. The smallest absolute Gasteiger partial charge is 0.282 e. The van der Waals surface area contributed by atoms with Gasteiger partial charge in [0, 0.05) is 5.92 Å². The molecule has 0 spiro atoms. The van der Waals surface area contributed by atoms with Crippen LogP contribution in [-0.2, 0) is 17.2 Å². The van der Waals surface area contributed by atoms with Gasteiger partial charge in [-0.05, 0) is 0 Å². The van der Waals surface area contributed by atoms with Crippen molar-refractivity contribution in [3.8, 4) is 0 Å². The van der Waals surface area contributed by atoms with E-state index in [-0.39, 0.29) is 5.92 Å². The van der Waals surface area contributed by atoms with Crippen molar-refractivity contribution >= 4 is 10.1 Å². The van der Waals surface area contributed by atoms with Crippen LogP contribution in [0.25, 0.3) is 0 Å². The third-order valence-electron chi connectivity index (χ3n) is 1.96. The van der Waals surface area contributed by atoms with Gasteiger partial charge in [-0.15, -0.1) is 0 Å². The van der Waals surface area contributed by atoms with Crippen LogP contribution in [0.3, 0.4) is 0 Å². The number of aryl methyl sites for hydroxylation is 1. The van der Waals surface area contributed by atoms with Crippen molar-refractivity contribution in [2.24, 2.45) is 13.0 Å². The van der Waals surface area contributed by atoms with Gasteiger partial charge in [-0.2, -0.15) is 8.42 Å². The number of nitrogens with zero attached hydrogens (tertiary/aromatic N) is 2. The molecule has 0 saturated heterocycles. The maximum absolute atomic E-state index is 11.1. The lowest BCUT2D eigenvalue weighted by Gasteiger charge is -2.13. The molecule has 0 aliphatic heterocycles. The molecule has 0 amide bonds. The van der Waals surface area contributed by atoms with Crippen LogP contribution in [0.5, 0.6) is 0 Å². The Hall–Kier alpha value is -0.880. The van der Waals surface area contributed by atoms with Crippen molar-refractivity contribution < 1.29 is 17.5 Å². The van der Waals surface area contributed by atoms with E-state index in [0.717, 1.165) is 0 Å². The van der Waals surface area contributed by atoms with Crippen molar-refractivity contribution in [2.75, 3.05) is 0 Å². The summed E-state index contributed by atoms with van der Waals surface area (Å²) in [5, 5.41) is -0.913. The Morgan fingerprint density at radius 3 is 2.29 bits per heavy atom. The summed E-state index contributed by atoms with van der Waals surface area (Å²) in [5.41, 5.74) is 0. The lowest BCUT2D eigenvalue weighted by Crippen LogP contribution is -2.45. The van der Waals surface area contributed by atoms with Gasteiger partial charge in [-0.25, -0.2) is 9.13 Å². The number of rotatable bonds is 3. The van der Waals surface area contributed by atoms with E-state index in [0.29, 0.717) is 0 Å². The van der Waals surface area contributed by atoms with E-state index in [1.807, 2.05) is 0 Å². The fraction of sp³-hybridized carbons (Fsp3) is 0.625. The molecular formula is C8H15N2O3S+. The highest BCUT2D eigenvalue weighted by molar-refractivity contribution is 7.85. The number of aromatic nitrogens is 2. The summed E-state index contributed by atoms with van der Waals surface area (Å²) in [6.07, 6.45) is 4.97. The Morgan fingerprint density at radius 2 is 2.00 bits per heavy atom. The maximum Gasteiger partial charge on any atom is 0.307 e. The first-order chi connectivity index (χ1) is 6.32. The number of hydrogen-bond donors (Lipinski definition) is 1. The zero-order valence-corrected chi connectivity index (χ0v) is 9.27. The van der Waals surface area contributed by atoms with Crippen LogP contribution in [-0.4, -0.2) is 17.5 Å². The second kappa shape index (κ2) is 3.70. The molecule has 0 saturated carbocycles. The third-order valence-corrected chi connectivity index (χ3v) is 3.36. The van der Waals surface area contributed by atoms with E-state index >= 15 is 0 Å². The monoisotopic (exact) mass is 219 g/mol. The van der Waals surface area contributed by atoms with Gasteiger partial charge in [0.2, 0.25) is 11.7 Å². The minimum Gasteiger partial charge on any atom is -0.282 e. The highest BCUT2D eigenvalue weighted by Gasteiger charge is 2.32. The molecule has 5 nitrogen and oxygen atoms in total. The summed E-state index contributed by atoms with van der Waals surface area (Å²) >= 11 is 0. The van der Waals surface area contributed by atoms with Gasteiger partial charge >= 0.3 is 10.1 Å². The second-order valence-corrected chi connectivity index (χ2v) is 5.19. The van der Waals surface area contributed by atoms with Crippen LogP contribution < -0.4 is 4.57 Å². The summed E-state index contributed by atoms with van der Waals surface area (Å²) < 4.78 is 34.5. The van der Waals surface area contributed by atoms with Gasteiger partial charge in [-0.1, -0.05) is 13.8 Å². The highest BCUT2D eigenvalue weighted by Crippen LogP contribution is 2.16. The Labute approximate surface area is 83.7 Å². The second-order valence-electron chi connectivity index (χ2n) is 3.68. The third kappa shape index (κ3) is 2.33. The minimum atomic E-state index is -4.05. The first-order valence-electron chi connectivity index (χ1n) is 4.31. The molecule has 0 aliphatic carbocycles. The molecule has 14 heavy (non-hydrogen) atoms. The molecule has 1 heterocycles. The average molecular weight is 219 g/mol. The minimum absolute atomic E-state index is 0.183. The summed E-state index contributed by atoms with van der Waals surface area (Å²) in [7, 11) is -2.26. The molecule has 0 bridgehead atoms. The number of hydrogen-bond acceptors (Lipinski definition) is 2. The van der Waals surface area contributed by atoms with E-state index in [4.69, 9.17) is 4.55 Å². The SMILES string of the molecule is CC(C)C([n+]1ccn(C)c1)S(=O)(=O)O. The fourth-order valence-corrected chi connectivity index (χ4v) is 2.58. The van der Waals surface area contributed by atoms with Crippen molar-refractivity contribution in [2.45, 2.75) is 19.2 Å². The Kier molecular flexibility index (Phi) is 2.96. The Bertz CT molecular complexity index is 408. The molecule has 0 radical (unpaired) electrons. The summed E-state index contributed by atoms with van der Waals surface area (Å²) in [6.45, 7) is 3.50. The average Bonchev–Trinajstić information content (AvgIpc) is 2.31. The Balaban J connectivity index is 3.14. The van der Waals surface area contributed by atoms with E-state index in [9.17, 15) is 8.42 Å². The molecular weight excluding hydrogens is 204 g/mol.